The molecule has 0 unspecified atom stereocenters. The summed E-state index contributed by atoms with van der Waals surface area (Å²) in [4.78, 5) is 26.0. The Morgan fingerprint density at radius 3 is 2.46 bits per heavy atom. The van der Waals surface area contributed by atoms with Gasteiger partial charge >= 0.3 is 0 Å². The van der Waals surface area contributed by atoms with Crippen LogP contribution < -0.4 is 10.6 Å². The number of nitrogens with one attached hydrogen (secondary N) is 2. The van der Waals surface area contributed by atoms with E-state index in [9.17, 15) is 9.59 Å². The van der Waals surface area contributed by atoms with Gasteiger partial charge in [-0.15, -0.1) is 0 Å². The van der Waals surface area contributed by atoms with Gasteiger partial charge in [-0.05, 0) is 30.5 Å². The minimum absolute atomic E-state index is 0.0585. The highest BCUT2D eigenvalue weighted by molar-refractivity contribution is 5.94. The summed E-state index contributed by atoms with van der Waals surface area (Å²) in [7, 11) is 0. The van der Waals surface area contributed by atoms with Crippen LogP contribution in [-0.4, -0.2) is 56.1 Å². The Hall–Kier alpha value is -1.92. The lowest BCUT2D eigenvalue weighted by Gasteiger charge is -2.26. The molecule has 1 heterocycles. The number of morpholine rings is 1. The Labute approximate surface area is 142 Å². The van der Waals surface area contributed by atoms with Gasteiger partial charge in [0.2, 0.25) is 5.91 Å². The first-order chi connectivity index (χ1) is 11.7. The summed E-state index contributed by atoms with van der Waals surface area (Å²) in [5.74, 6) is 0.304. The first-order valence-corrected chi connectivity index (χ1v) is 8.67. The quantitative estimate of drug-likeness (QED) is 0.774. The number of carbonyl (C=O) groups excluding carboxylic acids is 2. The molecular formula is C18H25N3O3. The topological polar surface area (TPSA) is 70.7 Å². The highest BCUT2D eigenvalue weighted by Crippen LogP contribution is 2.28. The van der Waals surface area contributed by atoms with Crippen LogP contribution in [-0.2, 0) is 16.1 Å². The lowest BCUT2D eigenvalue weighted by atomic mass is 10.1. The van der Waals surface area contributed by atoms with Crippen LogP contribution >= 0.6 is 0 Å². The van der Waals surface area contributed by atoms with Crippen molar-refractivity contribution in [2.24, 2.45) is 5.92 Å². The molecule has 2 aliphatic rings. The van der Waals surface area contributed by atoms with E-state index in [4.69, 9.17) is 4.74 Å². The average Bonchev–Trinajstić information content (AvgIpc) is 3.46. The van der Waals surface area contributed by atoms with E-state index in [-0.39, 0.29) is 17.7 Å². The van der Waals surface area contributed by atoms with Crippen LogP contribution in [0.5, 0.6) is 0 Å². The third-order valence-electron chi connectivity index (χ3n) is 4.45. The standard InChI is InChI=1S/C18H25N3O3/c22-17(19-7-8-21-9-11-24-12-10-21)15-3-1-14(2-4-15)13-20-18(23)16-5-6-16/h1-4,16H,5-13H2,(H,19,22)(H,20,23). The number of carbonyl (C=O) groups is 2. The number of benzene rings is 1. The normalized spacial score (nSPS) is 18.2. The lowest BCUT2D eigenvalue weighted by Crippen LogP contribution is -2.41. The number of hydrogen-bond acceptors (Lipinski definition) is 4. The van der Waals surface area contributed by atoms with Crippen LogP contribution in [0.3, 0.4) is 0 Å². The van der Waals surface area contributed by atoms with Crippen LogP contribution in [0.1, 0.15) is 28.8 Å². The fourth-order valence-corrected chi connectivity index (χ4v) is 2.71. The third kappa shape index (κ3) is 5.04. The Morgan fingerprint density at radius 1 is 1.08 bits per heavy atom. The molecule has 6 nitrogen and oxygen atoms in total. The van der Waals surface area contributed by atoms with Gasteiger partial charge in [0, 0.05) is 44.2 Å². The van der Waals surface area contributed by atoms with Gasteiger partial charge in [-0.25, -0.2) is 0 Å². The second kappa shape index (κ2) is 8.26. The molecule has 1 saturated heterocycles. The lowest BCUT2D eigenvalue weighted by molar-refractivity contribution is -0.122. The van der Waals surface area contributed by atoms with E-state index in [1.807, 2.05) is 24.3 Å². The number of amides is 2. The molecule has 0 atom stereocenters. The van der Waals surface area contributed by atoms with Gasteiger partial charge in [0.05, 0.1) is 13.2 Å². The van der Waals surface area contributed by atoms with Crippen molar-refractivity contribution in [2.45, 2.75) is 19.4 Å². The van der Waals surface area contributed by atoms with Crippen molar-refractivity contribution in [1.29, 1.82) is 0 Å². The summed E-state index contributed by atoms with van der Waals surface area (Å²) in [6.07, 6.45) is 2.02. The van der Waals surface area contributed by atoms with Crippen molar-refractivity contribution in [3.05, 3.63) is 35.4 Å². The molecule has 1 aliphatic carbocycles. The van der Waals surface area contributed by atoms with Gasteiger partial charge in [-0.3, -0.25) is 14.5 Å². The van der Waals surface area contributed by atoms with Crippen molar-refractivity contribution >= 4 is 11.8 Å². The number of nitrogens with zero attached hydrogens (tertiary/aromatic N) is 1. The second-order valence-corrected chi connectivity index (χ2v) is 6.40. The Morgan fingerprint density at radius 2 is 1.79 bits per heavy atom. The van der Waals surface area contributed by atoms with Crippen LogP contribution in [0.2, 0.25) is 0 Å². The van der Waals surface area contributed by atoms with Crippen molar-refractivity contribution in [3.63, 3.8) is 0 Å². The molecule has 2 amide bonds. The highest BCUT2D eigenvalue weighted by Gasteiger charge is 2.29. The van der Waals surface area contributed by atoms with Gasteiger partial charge in [0.15, 0.2) is 0 Å². The first kappa shape index (κ1) is 16.9. The van der Waals surface area contributed by atoms with E-state index in [1.54, 1.807) is 0 Å². The smallest absolute Gasteiger partial charge is 0.251 e. The van der Waals surface area contributed by atoms with Gasteiger partial charge in [-0.1, -0.05) is 12.1 Å². The SMILES string of the molecule is O=C(NCCN1CCOCC1)c1ccc(CNC(=O)C2CC2)cc1. The summed E-state index contributed by atoms with van der Waals surface area (Å²) in [6, 6.07) is 7.40. The molecule has 0 bridgehead atoms. The Kier molecular flexibility index (Phi) is 5.82. The maximum atomic E-state index is 12.1. The average molecular weight is 331 g/mol. The fraction of sp³-hybridized carbons (Fsp3) is 0.556. The first-order valence-electron chi connectivity index (χ1n) is 8.67. The molecule has 1 saturated carbocycles. The second-order valence-electron chi connectivity index (χ2n) is 6.40. The van der Waals surface area contributed by atoms with Crippen LogP contribution in [0.15, 0.2) is 24.3 Å². The molecule has 1 aromatic rings. The summed E-state index contributed by atoms with van der Waals surface area (Å²) in [6.45, 7) is 5.40. The van der Waals surface area contributed by atoms with E-state index in [0.717, 1.165) is 51.3 Å². The number of rotatable bonds is 7. The molecule has 130 valence electrons. The van der Waals surface area contributed by atoms with Crippen molar-refractivity contribution in [1.82, 2.24) is 15.5 Å². The molecule has 3 rings (SSSR count). The molecule has 24 heavy (non-hydrogen) atoms. The predicted molar refractivity (Wildman–Crippen MR) is 90.6 cm³/mol. The number of hydrogen-bond donors (Lipinski definition) is 2. The minimum Gasteiger partial charge on any atom is -0.379 e. The molecule has 1 aliphatic heterocycles. The monoisotopic (exact) mass is 331 g/mol. The predicted octanol–water partition coefficient (Wildman–Crippen LogP) is 0.775. The Bertz CT molecular complexity index is 563. The molecule has 2 N–H and O–H groups in total. The van der Waals surface area contributed by atoms with Gasteiger partial charge in [0.25, 0.3) is 5.91 Å². The molecule has 6 heteroatoms. The summed E-state index contributed by atoms with van der Waals surface area (Å²) < 4.78 is 5.30. The van der Waals surface area contributed by atoms with Crippen molar-refractivity contribution in [3.8, 4) is 0 Å². The summed E-state index contributed by atoms with van der Waals surface area (Å²) in [5.41, 5.74) is 1.66. The zero-order chi connectivity index (χ0) is 16.8. The van der Waals surface area contributed by atoms with Crippen LogP contribution in [0.25, 0.3) is 0 Å². The molecular weight excluding hydrogens is 306 g/mol. The fourth-order valence-electron chi connectivity index (χ4n) is 2.71. The van der Waals surface area contributed by atoms with Crippen molar-refractivity contribution in [2.75, 3.05) is 39.4 Å². The zero-order valence-corrected chi connectivity index (χ0v) is 13.9. The Balaban J connectivity index is 1.38. The number of ether oxygens (including phenoxy) is 1. The maximum Gasteiger partial charge on any atom is 0.251 e. The van der Waals surface area contributed by atoms with E-state index in [0.29, 0.717) is 18.7 Å². The van der Waals surface area contributed by atoms with E-state index >= 15 is 0 Å². The largest absolute Gasteiger partial charge is 0.379 e. The molecule has 0 aromatic heterocycles. The highest BCUT2D eigenvalue weighted by atomic mass is 16.5. The van der Waals surface area contributed by atoms with Gasteiger partial charge in [-0.2, -0.15) is 0 Å². The van der Waals surface area contributed by atoms with E-state index in [2.05, 4.69) is 15.5 Å². The van der Waals surface area contributed by atoms with E-state index < -0.39 is 0 Å². The van der Waals surface area contributed by atoms with Crippen LogP contribution in [0, 0.1) is 5.92 Å². The summed E-state index contributed by atoms with van der Waals surface area (Å²) >= 11 is 0. The van der Waals surface area contributed by atoms with Gasteiger partial charge in [0.1, 0.15) is 0 Å². The molecule has 0 radical (unpaired) electrons. The summed E-state index contributed by atoms with van der Waals surface area (Å²) in [5, 5.41) is 5.87. The third-order valence-corrected chi connectivity index (χ3v) is 4.45. The van der Waals surface area contributed by atoms with Crippen LogP contribution in [0.4, 0.5) is 0 Å². The molecule has 0 spiro atoms. The van der Waals surface area contributed by atoms with E-state index in [1.165, 1.54) is 0 Å². The zero-order valence-electron chi connectivity index (χ0n) is 13.9. The molecule has 1 aromatic carbocycles. The minimum atomic E-state index is -0.0585. The maximum absolute atomic E-state index is 12.1. The van der Waals surface area contributed by atoms with Crippen molar-refractivity contribution < 1.29 is 14.3 Å². The van der Waals surface area contributed by atoms with Gasteiger partial charge < -0.3 is 15.4 Å². The molecule has 2 fully saturated rings.